The van der Waals surface area contributed by atoms with Crippen LogP contribution in [0.5, 0.6) is 5.75 Å². The molecule has 0 spiro atoms. The molecular formula is C14H14ClNO3. The molecule has 0 saturated carbocycles. The van der Waals surface area contributed by atoms with Gasteiger partial charge in [-0.3, -0.25) is 4.79 Å². The van der Waals surface area contributed by atoms with Crippen LogP contribution < -0.4 is 10.1 Å². The van der Waals surface area contributed by atoms with E-state index in [1.165, 1.54) is 0 Å². The number of halogens is 1. The van der Waals surface area contributed by atoms with Crippen molar-refractivity contribution in [3.63, 3.8) is 0 Å². The quantitative estimate of drug-likeness (QED) is 0.865. The summed E-state index contributed by atoms with van der Waals surface area (Å²) in [7, 11) is 1.59. The molecule has 1 aromatic heterocycles. The van der Waals surface area contributed by atoms with Gasteiger partial charge >= 0.3 is 0 Å². The molecule has 0 aliphatic rings. The summed E-state index contributed by atoms with van der Waals surface area (Å²) in [5, 5.41) is 2.47. The van der Waals surface area contributed by atoms with Crippen molar-refractivity contribution in [2.24, 2.45) is 0 Å². The molecule has 0 saturated heterocycles. The summed E-state index contributed by atoms with van der Waals surface area (Å²) in [5.74, 6) is 1.22. The number of hydrogen-bond donors (Lipinski definition) is 1. The van der Waals surface area contributed by atoms with Crippen molar-refractivity contribution < 1.29 is 13.9 Å². The van der Waals surface area contributed by atoms with Crippen molar-refractivity contribution in [1.29, 1.82) is 0 Å². The third-order valence-electron chi connectivity index (χ3n) is 2.59. The van der Waals surface area contributed by atoms with E-state index < -0.39 is 0 Å². The van der Waals surface area contributed by atoms with Gasteiger partial charge in [0.15, 0.2) is 5.76 Å². The fourth-order valence-corrected chi connectivity index (χ4v) is 1.67. The van der Waals surface area contributed by atoms with E-state index in [1.54, 1.807) is 50.4 Å². The second-order valence-corrected chi connectivity index (χ2v) is 4.66. The molecule has 0 bridgehead atoms. The van der Waals surface area contributed by atoms with E-state index in [-0.39, 0.29) is 17.0 Å². The molecule has 0 fully saturated rings. The number of ether oxygens (including phenoxy) is 1. The van der Waals surface area contributed by atoms with Gasteiger partial charge in [-0.05, 0) is 43.3 Å². The molecular weight excluding hydrogens is 266 g/mol. The van der Waals surface area contributed by atoms with E-state index in [1.807, 2.05) is 0 Å². The van der Waals surface area contributed by atoms with E-state index in [2.05, 4.69) is 5.32 Å². The highest BCUT2D eigenvalue weighted by molar-refractivity contribution is 6.20. The average molecular weight is 280 g/mol. The van der Waals surface area contributed by atoms with Gasteiger partial charge in [-0.2, -0.15) is 0 Å². The number of furan rings is 1. The number of methoxy groups -OCH3 is 1. The molecule has 2 rings (SSSR count). The molecule has 2 aromatic rings. The molecule has 1 amide bonds. The van der Waals surface area contributed by atoms with Crippen molar-refractivity contribution in [3.8, 4) is 5.75 Å². The molecule has 5 heteroatoms. The molecule has 0 aliphatic heterocycles. The SMILES string of the molecule is COc1ccc(NC(=O)c2ccc(C(C)Cl)o2)cc1. The number of carbonyl (C=O) groups is 1. The summed E-state index contributed by atoms with van der Waals surface area (Å²) in [6.45, 7) is 1.78. The summed E-state index contributed by atoms with van der Waals surface area (Å²) in [5.41, 5.74) is 0.669. The second kappa shape index (κ2) is 5.80. The van der Waals surface area contributed by atoms with E-state index >= 15 is 0 Å². The van der Waals surface area contributed by atoms with Crippen LogP contribution in [0, 0.1) is 0 Å². The van der Waals surface area contributed by atoms with Gasteiger partial charge in [0.05, 0.1) is 12.5 Å². The number of benzene rings is 1. The average Bonchev–Trinajstić information content (AvgIpc) is 2.89. The molecule has 19 heavy (non-hydrogen) atoms. The molecule has 1 aromatic carbocycles. The van der Waals surface area contributed by atoms with Crippen LogP contribution in [0.15, 0.2) is 40.8 Å². The summed E-state index contributed by atoms with van der Waals surface area (Å²) in [6, 6.07) is 10.3. The third kappa shape index (κ3) is 3.29. The molecule has 1 unspecified atom stereocenters. The Labute approximate surface area is 116 Å². The fourth-order valence-electron chi connectivity index (χ4n) is 1.56. The number of nitrogens with one attached hydrogen (secondary N) is 1. The third-order valence-corrected chi connectivity index (χ3v) is 2.81. The number of carbonyl (C=O) groups excluding carboxylic acids is 1. The molecule has 0 radical (unpaired) electrons. The Morgan fingerprint density at radius 1 is 1.26 bits per heavy atom. The van der Waals surface area contributed by atoms with Crippen LogP contribution >= 0.6 is 11.6 Å². The highest BCUT2D eigenvalue weighted by atomic mass is 35.5. The molecule has 4 nitrogen and oxygen atoms in total. The van der Waals surface area contributed by atoms with E-state index in [9.17, 15) is 4.79 Å². The lowest BCUT2D eigenvalue weighted by Gasteiger charge is -2.04. The Morgan fingerprint density at radius 2 is 1.95 bits per heavy atom. The summed E-state index contributed by atoms with van der Waals surface area (Å²) >= 11 is 5.88. The maximum Gasteiger partial charge on any atom is 0.291 e. The van der Waals surface area contributed by atoms with Crippen molar-refractivity contribution >= 4 is 23.2 Å². The van der Waals surface area contributed by atoms with E-state index in [4.69, 9.17) is 20.8 Å². The van der Waals surface area contributed by atoms with Gasteiger partial charge in [0, 0.05) is 5.69 Å². The molecule has 0 aliphatic carbocycles. The predicted molar refractivity (Wildman–Crippen MR) is 73.9 cm³/mol. The molecule has 1 atom stereocenters. The number of rotatable bonds is 4. The van der Waals surface area contributed by atoms with Gasteiger partial charge in [0.25, 0.3) is 5.91 Å². The number of anilines is 1. The summed E-state index contributed by atoms with van der Waals surface area (Å²) in [6.07, 6.45) is 0. The lowest BCUT2D eigenvalue weighted by molar-refractivity contribution is 0.0995. The first-order valence-electron chi connectivity index (χ1n) is 5.79. The zero-order valence-corrected chi connectivity index (χ0v) is 11.4. The minimum Gasteiger partial charge on any atom is -0.497 e. The van der Waals surface area contributed by atoms with Gasteiger partial charge < -0.3 is 14.5 Å². The first-order chi connectivity index (χ1) is 9.10. The smallest absolute Gasteiger partial charge is 0.291 e. The number of alkyl halides is 1. The number of amides is 1. The van der Waals surface area contributed by atoms with Gasteiger partial charge in [-0.15, -0.1) is 11.6 Å². The van der Waals surface area contributed by atoms with Crippen molar-refractivity contribution in [2.75, 3.05) is 12.4 Å². The Hall–Kier alpha value is -1.94. The standard InChI is InChI=1S/C14H14ClNO3/c1-9(15)12-7-8-13(19-12)14(17)16-10-3-5-11(18-2)6-4-10/h3-9H,1-2H3,(H,16,17). The largest absolute Gasteiger partial charge is 0.497 e. The van der Waals surface area contributed by atoms with Crippen LogP contribution in [0.25, 0.3) is 0 Å². The van der Waals surface area contributed by atoms with Crippen LogP contribution in [-0.2, 0) is 0 Å². The van der Waals surface area contributed by atoms with Gasteiger partial charge in [0.2, 0.25) is 0 Å². The fraction of sp³-hybridized carbons (Fsp3) is 0.214. The topological polar surface area (TPSA) is 51.5 Å². The van der Waals surface area contributed by atoms with E-state index in [0.717, 1.165) is 5.75 Å². The first-order valence-corrected chi connectivity index (χ1v) is 6.23. The van der Waals surface area contributed by atoms with Crippen LogP contribution in [0.3, 0.4) is 0 Å². The first kappa shape index (κ1) is 13.5. The minimum absolute atomic E-state index is 0.235. The van der Waals surface area contributed by atoms with Crippen LogP contribution in [0.1, 0.15) is 28.6 Å². The maximum absolute atomic E-state index is 11.9. The highest BCUT2D eigenvalue weighted by Gasteiger charge is 2.13. The Kier molecular flexibility index (Phi) is 4.12. The van der Waals surface area contributed by atoms with Crippen molar-refractivity contribution in [3.05, 3.63) is 47.9 Å². The maximum atomic E-state index is 11.9. The summed E-state index contributed by atoms with van der Waals surface area (Å²) < 4.78 is 10.4. The van der Waals surface area contributed by atoms with E-state index in [0.29, 0.717) is 11.4 Å². The van der Waals surface area contributed by atoms with Crippen LogP contribution in [0.4, 0.5) is 5.69 Å². The van der Waals surface area contributed by atoms with Crippen molar-refractivity contribution in [1.82, 2.24) is 0 Å². The normalized spacial score (nSPS) is 11.9. The Bertz CT molecular complexity index is 560. The lowest BCUT2D eigenvalue weighted by Crippen LogP contribution is -2.10. The van der Waals surface area contributed by atoms with Crippen LogP contribution in [0.2, 0.25) is 0 Å². The minimum atomic E-state index is -0.311. The Balaban J connectivity index is 2.06. The monoisotopic (exact) mass is 279 g/mol. The van der Waals surface area contributed by atoms with Gasteiger partial charge in [0.1, 0.15) is 11.5 Å². The predicted octanol–water partition coefficient (Wildman–Crippen LogP) is 3.84. The number of hydrogen-bond acceptors (Lipinski definition) is 3. The second-order valence-electron chi connectivity index (χ2n) is 4.00. The van der Waals surface area contributed by atoms with Gasteiger partial charge in [-0.1, -0.05) is 0 Å². The molecule has 1 N–H and O–H groups in total. The highest BCUT2D eigenvalue weighted by Crippen LogP contribution is 2.22. The molecule has 100 valence electrons. The van der Waals surface area contributed by atoms with Crippen LogP contribution in [-0.4, -0.2) is 13.0 Å². The van der Waals surface area contributed by atoms with Crippen molar-refractivity contribution in [2.45, 2.75) is 12.3 Å². The molecule has 1 heterocycles. The summed E-state index contributed by atoms with van der Waals surface area (Å²) in [4.78, 5) is 11.9. The zero-order chi connectivity index (χ0) is 13.8. The zero-order valence-electron chi connectivity index (χ0n) is 10.6. The Morgan fingerprint density at radius 3 is 2.47 bits per heavy atom. The lowest BCUT2D eigenvalue weighted by atomic mass is 10.3. The van der Waals surface area contributed by atoms with Gasteiger partial charge in [-0.25, -0.2) is 0 Å².